The lowest BCUT2D eigenvalue weighted by Gasteiger charge is -2.52. The summed E-state index contributed by atoms with van der Waals surface area (Å²) in [4.78, 5) is 21.0. The number of hydrogen-bond acceptors (Lipinski definition) is 6. The zero-order chi connectivity index (χ0) is 19.6. The van der Waals surface area contributed by atoms with Crippen LogP contribution in [0.15, 0.2) is 35.2 Å². The van der Waals surface area contributed by atoms with E-state index < -0.39 is 0 Å². The minimum atomic E-state index is -0.155. The van der Waals surface area contributed by atoms with E-state index >= 15 is 0 Å². The van der Waals surface area contributed by atoms with Gasteiger partial charge in [0.05, 0.1) is 25.9 Å². The molecular formula is C21H28N4O3. The molecule has 2 aliphatic heterocycles. The van der Waals surface area contributed by atoms with Crippen molar-refractivity contribution in [2.75, 3.05) is 33.3 Å². The summed E-state index contributed by atoms with van der Waals surface area (Å²) in [5.41, 5.74) is 1.66. The second-order valence-corrected chi connectivity index (χ2v) is 8.13. The van der Waals surface area contributed by atoms with Gasteiger partial charge in [-0.2, -0.15) is 0 Å². The molecule has 2 saturated heterocycles. The molecular weight excluding hydrogens is 356 g/mol. The summed E-state index contributed by atoms with van der Waals surface area (Å²) >= 11 is 0. The number of nitrogens with zero attached hydrogens (tertiary/aromatic N) is 4. The highest BCUT2D eigenvalue weighted by molar-refractivity contribution is 5.95. The minimum absolute atomic E-state index is 0.00523. The molecule has 28 heavy (non-hydrogen) atoms. The fraction of sp³-hybridized carbons (Fsp3) is 0.571. The fourth-order valence-corrected chi connectivity index (χ4v) is 4.28. The van der Waals surface area contributed by atoms with E-state index in [1.54, 1.807) is 6.20 Å². The maximum Gasteiger partial charge on any atom is 0.259 e. The average molecular weight is 384 g/mol. The summed E-state index contributed by atoms with van der Waals surface area (Å²) in [6, 6.07) is 4.08. The second kappa shape index (κ2) is 8.01. The predicted octanol–water partition coefficient (Wildman–Crippen LogP) is 2.39. The van der Waals surface area contributed by atoms with Gasteiger partial charge in [0.1, 0.15) is 16.9 Å². The highest BCUT2D eigenvalue weighted by Gasteiger charge is 2.49. The van der Waals surface area contributed by atoms with Crippen LogP contribution in [0, 0.1) is 5.92 Å². The first-order valence-electron chi connectivity index (χ1n) is 10.0. The van der Waals surface area contributed by atoms with Gasteiger partial charge in [-0.25, -0.2) is 0 Å². The third-order valence-corrected chi connectivity index (χ3v) is 5.82. The second-order valence-electron chi connectivity index (χ2n) is 8.13. The van der Waals surface area contributed by atoms with Crippen molar-refractivity contribution in [3.8, 4) is 0 Å². The lowest BCUT2D eigenvalue weighted by atomic mass is 9.82. The molecule has 4 heterocycles. The number of ether oxygens (including phenoxy) is 1. The zero-order valence-corrected chi connectivity index (χ0v) is 16.6. The van der Waals surface area contributed by atoms with Crippen molar-refractivity contribution in [2.45, 2.75) is 38.3 Å². The Balaban J connectivity index is 1.23. The molecule has 150 valence electrons. The summed E-state index contributed by atoms with van der Waals surface area (Å²) in [5, 5.41) is 3.76. The Morgan fingerprint density at radius 2 is 2.25 bits per heavy atom. The van der Waals surface area contributed by atoms with Gasteiger partial charge >= 0.3 is 0 Å². The summed E-state index contributed by atoms with van der Waals surface area (Å²) < 4.78 is 11.4. The Morgan fingerprint density at radius 3 is 2.93 bits per heavy atom. The van der Waals surface area contributed by atoms with Crippen LogP contribution < -0.4 is 0 Å². The Labute approximate surface area is 165 Å². The first-order valence-corrected chi connectivity index (χ1v) is 10.0. The maximum atomic E-state index is 12.6. The number of carbonyl (C=O) groups excluding carboxylic acids is 1. The van der Waals surface area contributed by atoms with Crippen LogP contribution in [0.2, 0.25) is 0 Å². The van der Waals surface area contributed by atoms with Crippen molar-refractivity contribution in [2.24, 2.45) is 5.92 Å². The topological polar surface area (TPSA) is 71.7 Å². The normalized spacial score (nSPS) is 21.1. The van der Waals surface area contributed by atoms with E-state index in [1.807, 2.05) is 24.1 Å². The van der Waals surface area contributed by atoms with Crippen LogP contribution in [0.1, 0.15) is 41.4 Å². The van der Waals surface area contributed by atoms with E-state index in [4.69, 9.17) is 9.26 Å². The highest BCUT2D eigenvalue weighted by atomic mass is 16.5. The van der Waals surface area contributed by atoms with E-state index in [9.17, 15) is 4.79 Å². The average Bonchev–Trinajstić information content (AvgIpc) is 3.16. The number of hydrogen-bond donors (Lipinski definition) is 0. The Hall–Kier alpha value is -2.25. The number of aryl methyl sites for hydroxylation is 1. The molecule has 0 aromatic carbocycles. The molecule has 0 N–H and O–H groups in total. The monoisotopic (exact) mass is 384 g/mol. The number of carbonyl (C=O) groups is 1. The number of likely N-dealkylation sites (tertiary alicyclic amines) is 1. The van der Waals surface area contributed by atoms with Crippen LogP contribution in [-0.4, -0.2) is 64.7 Å². The molecule has 2 fully saturated rings. The molecule has 1 amide bonds. The van der Waals surface area contributed by atoms with Crippen LogP contribution in [-0.2, 0) is 17.7 Å². The van der Waals surface area contributed by atoms with E-state index in [0.717, 1.165) is 32.5 Å². The Kier molecular flexibility index (Phi) is 5.46. The van der Waals surface area contributed by atoms with Gasteiger partial charge in [0, 0.05) is 31.9 Å². The van der Waals surface area contributed by atoms with E-state index in [2.05, 4.69) is 28.2 Å². The van der Waals surface area contributed by atoms with E-state index in [0.29, 0.717) is 36.8 Å². The quantitative estimate of drug-likeness (QED) is 0.762. The maximum absolute atomic E-state index is 12.6. The van der Waals surface area contributed by atoms with Crippen molar-refractivity contribution in [1.29, 1.82) is 0 Å². The van der Waals surface area contributed by atoms with Gasteiger partial charge in [-0.05, 0) is 37.4 Å². The van der Waals surface area contributed by atoms with Gasteiger partial charge in [-0.15, -0.1) is 0 Å². The number of rotatable bonds is 6. The number of amides is 1. The molecule has 4 rings (SSSR count). The molecule has 2 aromatic rings. The summed E-state index contributed by atoms with van der Waals surface area (Å²) in [5.74, 6) is 1.19. The van der Waals surface area contributed by atoms with Crippen LogP contribution in [0.5, 0.6) is 0 Å². The van der Waals surface area contributed by atoms with Crippen molar-refractivity contribution in [3.63, 3.8) is 0 Å². The molecule has 0 bridgehead atoms. The molecule has 2 aliphatic rings. The largest absolute Gasteiger partial charge is 0.371 e. The van der Waals surface area contributed by atoms with Crippen LogP contribution in [0.25, 0.3) is 0 Å². The van der Waals surface area contributed by atoms with Crippen LogP contribution >= 0.6 is 0 Å². The molecule has 0 radical (unpaired) electrons. The van der Waals surface area contributed by atoms with Gasteiger partial charge in [-0.1, -0.05) is 18.1 Å². The van der Waals surface area contributed by atoms with Gasteiger partial charge in [0.15, 0.2) is 0 Å². The van der Waals surface area contributed by atoms with Crippen molar-refractivity contribution in [3.05, 3.63) is 47.6 Å². The predicted molar refractivity (Wildman–Crippen MR) is 104 cm³/mol. The molecule has 1 unspecified atom stereocenters. The summed E-state index contributed by atoms with van der Waals surface area (Å²) in [6.45, 7) is 5.96. The molecule has 2 aromatic heterocycles. The molecule has 0 aliphatic carbocycles. The molecule has 1 atom stereocenters. The number of aromatic nitrogens is 2. The first-order chi connectivity index (χ1) is 13.6. The smallest absolute Gasteiger partial charge is 0.259 e. The lowest BCUT2D eigenvalue weighted by molar-refractivity contribution is -0.168. The van der Waals surface area contributed by atoms with E-state index in [1.165, 1.54) is 11.8 Å². The molecule has 7 heteroatoms. The van der Waals surface area contributed by atoms with Gasteiger partial charge < -0.3 is 19.1 Å². The molecule has 1 spiro atoms. The van der Waals surface area contributed by atoms with Gasteiger partial charge in [-0.3, -0.25) is 9.78 Å². The molecule has 0 saturated carbocycles. The number of pyridine rings is 1. The summed E-state index contributed by atoms with van der Waals surface area (Å²) in [7, 11) is 2.14. The van der Waals surface area contributed by atoms with E-state index in [-0.39, 0.29) is 11.5 Å². The van der Waals surface area contributed by atoms with Gasteiger partial charge in [0.2, 0.25) is 0 Å². The molecule has 7 nitrogen and oxygen atoms in total. The zero-order valence-electron chi connectivity index (χ0n) is 16.6. The third kappa shape index (κ3) is 3.95. The highest BCUT2D eigenvalue weighted by Crippen LogP contribution is 2.37. The third-order valence-electron chi connectivity index (χ3n) is 5.82. The van der Waals surface area contributed by atoms with Crippen molar-refractivity contribution >= 4 is 5.91 Å². The SMILES string of the molecule is CCc1oncc1C(=O)N1CC2(CCC(CN(C)Cc3cccnc3)CO2)C1. The lowest BCUT2D eigenvalue weighted by Crippen LogP contribution is -2.66. The standard InChI is InChI=1S/C21H28N4O3/c1-3-19-18(10-23-28-19)20(26)25-14-21(15-25)7-6-17(13-27-21)12-24(2)11-16-5-4-8-22-9-16/h4-5,8-10,17H,3,6-7,11-15H2,1-2H3. The van der Waals surface area contributed by atoms with Crippen LogP contribution in [0.4, 0.5) is 0 Å². The summed E-state index contributed by atoms with van der Waals surface area (Å²) in [6.07, 6.45) is 8.06. The Morgan fingerprint density at radius 1 is 1.39 bits per heavy atom. The van der Waals surface area contributed by atoms with Crippen LogP contribution in [0.3, 0.4) is 0 Å². The van der Waals surface area contributed by atoms with Crippen molar-refractivity contribution < 1.29 is 14.1 Å². The van der Waals surface area contributed by atoms with Crippen molar-refractivity contribution in [1.82, 2.24) is 19.9 Å². The fourth-order valence-electron chi connectivity index (χ4n) is 4.28. The van der Waals surface area contributed by atoms with Gasteiger partial charge in [0.25, 0.3) is 5.91 Å². The first kappa shape index (κ1) is 19.1. The Bertz CT molecular complexity index is 791. The minimum Gasteiger partial charge on any atom is -0.371 e.